The number of benzene rings is 2. The molecule has 0 spiro atoms. The van der Waals surface area contributed by atoms with Gasteiger partial charge in [0.2, 0.25) is 0 Å². The molecule has 2 aromatic carbocycles. The molecule has 0 bridgehead atoms. The van der Waals surface area contributed by atoms with E-state index in [1.165, 1.54) is 12.1 Å². The number of aryl methyl sites for hydroxylation is 1. The van der Waals surface area contributed by atoms with E-state index in [4.69, 9.17) is 0 Å². The molecule has 20 heavy (non-hydrogen) atoms. The van der Waals surface area contributed by atoms with Crippen molar-refractivity contribution in [2.24, 2.45) is 0 Å². The second-order valence-electron chi connectivity index (χ2n) is 4.77. The summed E-state index contributed by atoms with van der Waals surface area (Å²) in [6, 6.07) is 10.1. The van der Waals surface area contributed by atoms with Gasteiger partial charge in [-0.15, -0.1) is 0 Å². The van der Waals surface area contributed by atoms with Gasteiger partial charge in [0.1, 0.15) is 11.6 Å². The number of hydrogen-bond donors (Lipinski definition) is 1. The van der Waals surface area contributed by atoms with Crippen molar-refractivity contribution in [1.29, 1.82) is 0 Å². The molecule has 1 atom stereocenters. The van der Waals surface area contributed by atoms with Crippen molar-refractivity contribution >= 4 is 15.9 Å². The van der Waals surface area contributed by atoms with E-state index >= 15 is 0 Å². The number of hydrogen-bond acceptors (Lipinski definition) is 1. The molecule has 1 nitrogen and oxygen atoms in total. The minimum absolute atomic E-state index is 0.104. The van der Waals surface area contributed by atoms with Crippen molar-refractivity contribution in [2.75, 3.05) is 7.05 Å². The highest BCUT2D eigenvalue weighted by atomic mass is 79.9. The number of halogens is 3. The van der Waals surface area contributed by atoms with Crippen LogP contribution < -0.4 is 5.32 Å². The number of likely N-dealkylation sites (N-methyl/N-ethyl adjacent to an activating group) is 1. The maximum Gasteiger partial charge on any atom is 0.133 e. The van der Waals surface area contributed by atoms with E-state index in [0.717, 1.165) is 10.0 Å². The summed E-state index contributed by atoms with van der Waals surface area (Å²) in [6.45, 7) is 1.64. The standard InChI is InChI=1S/C16H16BrF2N/c1-10-6-7-13(18)15(16(10)19)14(20-2)9-11-4-3-5-12(17)8-11/h3-8,14,20H,9H2,1-2H3. The Bertz CT molecular complexity index is 613. The number of rotatable bonds is 4. The van der Waals surface area contributed by atoms with Gasteiger partial charge in [0.05, 0.1) is 0 Å². The first-order valence-corrected chi connectivity index (χ1v) is 7.18. The van der Waals surface area contributed by atoms with Gasteiger partial charge in [0.15, 0.2) is 0 Å². The summed E-state index contributed by atoms with van der Waals surface area (Å²) in [5.74, 6) is -0.984. The maximum absolute atomic E-state index is 14.2. The fraction of sp³-hybridized carbons (Fsp3) is 0.250. The molecule has 1 unspecified atom stereocenters. The first-order chi connectivity index (χ1) is 9.52. The zero-order valence-corrected chi connectivity index (χ0v) is 13.0. The number of nitrogens with one attached hydrogen (secondary N) is 1. The second kappa shape index (κ2) is 6.46. The van der Waals surface area contributed by atoms with Crippen molar-refractivity contribution < 1.29 is 8.78 Å². The summed E-state index contributed by atoms with van der Waals surface area (Å²) in [5, 5.41) is 3.00. The van der Waals surface area contributed by atoms with Crippen molar-refractivity contribution in [2.45, 2.75) is 19.4 Å². The highest BCUT2D eigenvalue weighted by Crippen LogP contribution is 2.26. The summed E-state index contributed by atoms with van der Waals surface area (Å²) in [7, 11) is 1.71. The molecule has 0 aliphatic heterocycles. The summed E-state index contributed by atoms with van der Waals surface area (Å²) < 4.78 is 29.1. The van der Waals surface area contributed by atoms with Crippen molar-refractivity contribution in [3.05, 3.63) is 69.2 Å². The molecule has 0 fully saturated rings. The minimum Gasteiger partial charge on any atom is -0.313 e. The van der Waals surface area contributed by atoms with Crippen LogP contribution in [-0.4, -0.2) is 7.05 Å². The third kappa shape index (κ3) is 3.25. The van der Waals surface area contributed by atoms with Crippen LogP contribution >= 0.6 is 15.9 Å². The summed E-state index contributed by atoms with van der Waals surface area (Å²) in [6.07, 6.45) is 0.521. The Hall–Kier alpha value is -1.26. The first-order valence-electron chi connectivity index (χ1n) is 6.39. The molecule has 0 aliphatic rings. The molecule has 2 aromatic rings. The molecule has 0 amide bonds. The molecule has 0 heterocycles. The lowest BCUT2D eigenvalue weighted by atomic mass is 9.96. The van der Waals surface area contributed by atoms with Crippen molar-refractivity contribution in [1.82, 2.24) is 5.32 Å². The molecule has 0 radical (unpaired) electrons. The van der Waals surface area contributed by atoms with Crippen LogP contribution in [0, 0.1) is 18.6 Å². The Labute approximate surface area is 126 Å². The molecular weight excluding hydrogens is 324 g/mol. The molecule has 1 N–H and O–H groups in total. The van der Waals surface area contributed by atoms with Gasteiger partial charge in [-0.1, -0.05) is 34.1 Å². The molecule has 0 aliphatic carbocycles. The van der Waals surface area contributed by atoms with Crippen molar-refractivity contribution in [3.8, 4) is 0 Å². The zero-order chi connectivity index (χ0) is 14.7. The predicted octanol–water partition coefficient (Wildman–Crippen LogP) is 4.54. The van der Waals surface area contributed by atoms with E-state index in [1.54, 1.807) is 14.0 Å². The Kier molecular flexibility index (Phi) is 4.89. The highest BCUT2D eigenvalue weighted by Gasteiger charge is 2.20. The van der Waals surface area contributed by atoms with Crippen LogP contribution in [0.3, 0.4) is 0 Å². The molecule has 4 heteroatoms. The van der Waals surface area contributed by atoms with Crippen LogP contribution in [0.1, 0.15) is 22.7 Å². The second-order valence-corrected chi connectivity index (χ2v) is 5.68. The van der Waals surface area contributed by atoms with Crippen LogP contribution in [0.4, 0.5) is 8.78 Å². The Balaban J connectivity index is 2.36. The minimum atomic E-state index is -0.512. The van der Waals surface area contributed by atoms with Gasteiger partial charge in [-0.25, -0.2) is 8.78 Å². The van der Waals surface area contributed by atoms with Crippen LogP contribution in [0.2, 0.25) is 0 Å². The Morgan fingerprint density at radius 1 is 1.20 bits per heavy atom. The third-order valence-corrected chi connectivity index (χ3v) is 3.84. The maximum atomic E-state index is 14.2. The van der Waals surface area contributed by atoms with Gasteiger partial charge in [-0.05, 0) is 49.7 Å². The third-order valence-electron chi connectivity index (χ3n) is 3.35. The van der Waals surface area contributed by atoms with Crippen molar-refractivity contribution in [3.63, 3.8) is 0 Å². The van der Waals surface area contributed by atoms with E-state index in [-0.39, 0.29) is 5.56 Å². The molecule has 0 saturated carbocycles. The molecule has 106 valence electrons. The van der Waals surface area contributed by atoms with E-state index in [9.17, 15) is 8.78 Å². The van der Waals surface area contributed by atoms with Gasteiger partial charge < -0.3 is 5.32 Å². The van der Waals surface area contributed by atoms with Crippen LogP contribution in [0.5, 0.6) is 0 Å². The molecular formula is C16H16BrF2N. The Morgan fingerprint density at radius 3 is 2.60 bits per heavy atom. The summed E-state index contributed by atoms with van der Waals surface area (Å²) >= 11 is 3.40. The molecule has 0 aromatic heterocycles. The average molecular weight is 340 g/mol. The smallest absolute Gasteiger partial charge is 0.133 e. The largest absolute Gasteiger partial charge is 0.313 e. The lowest BCUT2D eigenvalue weighted by Gasteiger charge is -2.19. The normalized spacial score (nSPS) is 12.4. The van der Waals surface area contributed by atoms with Gasteiger partial charge in [0.25, 0.3) is 0 Å². The SMILES string of the molecule is CNC(Cc1cccc(Br)c1)c1c(F)ccc(C)c1F. The lowest BCUT2D eigenvalue weighted by molar-refractivity contribution is 0.486. The van der Waals surface area contributed by atoms with E-state index in [1.807, 2.05) is 24.3 Å². The van der Waals surface area contributed by atoms with E-state index < -0.39 is 17.7 Å². The first kappa shape index (κ1) is 15.1. The quantitative estimate of drug-likeness (QED) is 0.862. The van der Waals surface area contributed by atoms with E-state index in [2.05, 4.69) is 21.2 Å². The van der Waals surface area contributed by atoms with Gasteiger partial charge >= 0.3 is 0 Å². The fourth-order valence-corrected chi connectivity index (χ4v) is 2.69. The van der Waals surface area contributed by atoms with Gasteiger partial charge in [-0.2, -0.15) is 0 Å². The van der Waals surface area contributed by atoms with E-state index in [0.29, 0.717) is 12.0 Å². The highest BCUT2D eigenvalue weighted by molar-refractivity contribution is 9.10. The molecule has 2 rings (SSSR count). The van der Waals surface area contributed by atoms with Crippen LogP contribution in [0.15, 0.2) is 40.9 Å². The van der Waals surface area contributed by atoms with Crippen LogP contribution in [0.25, 0.3) is 0 Å². The molecule has 0 saturated heterocycles. The van der Waals surface area contributed by atoms with Gasteiger partial charge in [0, 0.05) is 16.1 Å². The monoisotopic (exact) mass is 339 g/mol. The van der Waals surface area contributed by atoms with Gasteiger partial charge in [-0.3, -0.25) is 0 Å². The predicted molar refractivity (Wildman–Crippen MR) is 80.7 cm³/mol. The lowest BCUT2D eigenvalue weighted by Crippen LogP contribution is -2.22. The average Bonchev–Trinajstić information content (AvgIpc) is 2.42. The topological polar surface area (TPSA) is 12.0 Å². The summed E-state index contributed by atoms with van der Waals surface area (Å²) in [5.41, 5.74) is 1.57. The van der Waals surface area contributed by atoms with Crippen LogP contribution in [-0.2, 0) is 6.42 Å². The summed E-state index contributed by atoms with van der Waals surface area (Å²) in [4.78, 5) is 0. The zero-order valence-electron chi connectivity index (χ0n) is 11.4. The Morgan fingerprint density at radius 2 is 1.95 bits per heavy atom. The fourth-order valence-electron chi connectivity index (χ4n) is 2.25.